The molecule has 0 radical (unpaired) electrons. The van der Waals surface area contributed by atoms with Crippen molar-refractivity contribution in [2.24, 2.45) is 4.99 Å². The zero-order valence-electron chi connectivity index (χ0n) is 10.5. The SMILES string of the molecule is O=C1/C(=C\c2cccc([N+](=O)[O-])c2)N=C2SCCCN12. The molecule has 0 spiro atoms. The van der Waals surface area contributed by atoms with Crippen LogP contribution in [-0.4, -0.2) is 33.2 Å². The number of aliphatic imine (C=N–C) groups is 1. The van der Waals surface area contributed by atoms with Gasteiger partial charge in [0.25, 0.3) is 11.6 Å². The van der Waals surface area contributed by atoms with Gasteiger partial charge in [0.05, 0.1) is 4.92 Å². The first-order chi connectivity index (χ1) is 9.65. The summed E-state index contributed by atoms with van der Waals surface area (Å²) < 4.78 is 0. The summed E-state index contributed by atoms with van der Waals surface area (Å²) in [6.07, 6.45) is 2.56. The van der Waals surface area contributed by atoms with E-state index < -0.39 is 4.92 Å². The minimum absolute atomic E-state index is 0.00421. The maximum absolute atomic E-state index is 12.2. The topological polar surface area (TPSA) is 75.8 Å². The van der Waals surface area contributed by atoms with E-state index in [0.29, 0.717) is 17.8 Å². The van der Waals surface area contributed by atoms with Crippen molar-refractivity contribution in [3.8, 4) is 0 Å². The average Bonchev–Trinajstić information content (AvgIpc) is 2.76. The summed E-state index contributed by atoms with van der Waals surface area (Å²) >= 11 is 1.57. The number of nitro benzene ring substituents is 1. The van der Waals surface area contributed by atoms with Crippen LogP contribution in [0.25, 0.3) is 6.08 Å². The van der Waals surface area contributed by atoms with Gasteiger partial charge in [-0.15, -0.1) is 0 Å². The van der Waals surface area contributed by atoms with E-state index in [4.69, 9.17) is 0 Å². The number of thioether (sulfide) groups is 1. The Kier molecular flexibility index (Phi) is 3.27. The first kappa shape index (κ1) is 12.9. The average molecular weight is 289 g/mol. The Labute approximate surface area is 119 Å². The highest BCUT2D eigenvalue weighted by Gasteiger charge is 2.32. The lowest BCUT2D eigenvalue weighted by Crippen LogP contribution is -2.34. The molecule has 0 unspecified atom stereocenters. The monoisotopic (exact) mass is 289 g/mol. The van der Waals surface area contributed by atoms with E-state index in [0.717, 1.165) is 17.3 Å². The predicted molar refractivity (Wildman–Crippen MR) is 77.3 cm³/mol. The maximum atomic E-state index is 12.2. The van der Waals surface area contributed by atoms with Crippen LogP contribution < -0.4 is 0 Å². The van der Waals surface area contributed by atoms with Crippen LogP contribution >= 0.6 is 11.8 Å². The Morgan fingerprint density at radius 3 is 3.05 bits per heavy atom. The summed E-state index contributed by atoms with van der Waals surface area (Å²) in [5.74, 6) is 0.839. The molecule has 1 amide bonds. The molecule has 1 aromatic rings. The number of benzene rings is 1. The lowest BCUT2D eigenvalue weighted by atomic mass is 10.1. The highest BCUT2D eigenvalue weighted by molar-refractivity contribution is 8.13. The van der Waals surface area contributed by atoms with Gasteiger partial charge >= 0.3 is 0 Å². The lowest BCUT2D eigenvalue weighted by molar-refractivity contribution is -0.384. The molecule has 1 fully saturated rings. The van der Waals surface area contributed by atoms with Crippen LogP contribution in [0.15, 0.2) is 35.0 Å². The van der Waals surface area contributed by atoms with E-state index >= 15 is 0 Å². The van der Waals surface area contributed by atoms with E-state index in [9.17, 15) is 14.9 Å². The number of nitrogens with zero attached hydrogens (tertiary/aromatic N) is 3. The second-order valence-corrected chi connectivity index (χ2v) is 5.50. The van der Waals surface area contributed by atoms with Crippen molar-refractivity contribution in [3.05, 3.63) is 45.6 Å². The van der Waals surface area contributed by atoms with Crippen LogP contribution in [0, 0.1) is 10.1 Å². The van der Waals surface area contributed by atoms with Crippen molar-refractivity contribution in [2.75, 3.05) is 12.3 Å². The van der Waals surface area contributed by atoms with Gasteiger partial charge in [-0.2, -0.15) is 0 Å². The smallest absolute Gasteiger partial charge is 0.278 e. The molecule has 0 bridgehead atoms. The van der Waals surface area contributed by atoms with Crippen molar-refractivity contribution in [1.29, 1.82) is 0 Å². The molecule has 0 N–H and O–H groups in total. The molecule has 102 valence electrons. The second-order valence-electron chi connectivity index (χ2n) is 4.43. The van der Waals surface area contributed by atoms with Gasteiger partial charge in [0.1, 0.15) is 5.70 Å². The van der Waals surface area contributed by atoms with Crippen LogP contribution in [0.4, 0.5) is 5.69 Å². The number of hydrogen-bond acceptors (Lipinski definition) is 5. The highest BCUT2D eigenvalue weighted by atomic mass is 32.2. The van der Waals surface area contributed by atoms with Crippen molar-refractivity contribution in [2.45, 2.75) is 6.42 Å². The van der Waals surface area contributed by atoms with Crippen molar-refractivity contribution < 1.29 is 9.72 Å². The number of non-ortho nitro benzene ring substituents is 1. The quantitative estimate of drug-likeness (QED) is 0.475. The molecule has 20 heavy (non-hydrogen) atoms. The Balaban J connectivity index is 1.93. The Hall–Kier alpha value is -2.15. The number of amidine groups is 1. The molecule has 1 saturated heterocycles. The normalized spacial score (nSPS) is 20.0. The summed E-state index contributed by atoms with van der Waals surface area (Å²) in [4.78, 5) is 28.4. The standard InChI is InChI=1S/C13H11N3O3S/c17-12-11(14-13-15(12)5-2-6-20-13)8-9-3-1-4-10(7-9)16(18)19/h1,3-4,7-8H,2,5-6H2/b11-8+. The minimum Gasteiger partial charge on any atom is -0.286 e. The molecule has 7 heteroatoms. The molecule has 2 aliphatic heterocycles. The van der Waals surface area contributed by atoms with E-state index in [1.165, 1.54) is 12.1 Å². The van der Waals surface area contributed by atoms with Crippen LogP contribution in [0.1, 0.15) is 12.0 Å². The maximum Gasteiger partial charge on any atom is 0.278 e. The van der Waals surface area contributed by atoms with Gasteiger partial charge in [-0.3, -0.25) is 19.8 Å². The van der Waals surface area contributed by atoms with Crippen LogP contribution in [0.2, 0.25) is 0 Å². The number of carbonyl (C=O) groups is 1. The van der Waals surface area contributed by atoms with Crippen LogP contribution in [0.5, 0.6) is 0 Å². The van der Waals surface area contributed by atoms with Gasteiger partial charge in [-0.1, -0.05) is 23.9 Å². The van der Waals surface area contributed by atoms with Crippen LogP contribution in [-0.2, 0) is 4.79 Å². The number of carbonyl (C=O) groups excluding carboxylic acids is 1. The fraction of sp³-hybridized carbons (Fsp3) is 0.231. The summed E-state index contributed by atoms with van der Waals surface area (Å²) in [6, 6.07) is 6.17. The molecule has 0 aliphatic carbocycles. The zero-order chi connectivity index (χ0) is 14.1. The molecule has 6 nitrogen and oxygen atoms in total. The third-order valence-electron chi connectivity index (χ3n) is 3.05. The lowest BCUT2D eigenvalue weighted by Gasteiger charge is -2.21. The summed E-state index contributed by atoms with van der Waals surface area (Å²) in [6.45, 7) is 0.691. The Bertz CT molecular complexity index is 654. The van der Waals surface area contributed by atoms with Gasteiger partial charge in [-0.05, 0) is 18.1 Å². The molecule has 0 aromatic heterocycles. The zero-order valence-corrected chi connectivity index (χ0v) is 11.3. The molecular formula is C13H11N3O3S. The van der Waals surface area contributed by atoms with Gasteiger partial charge in [-0.25, -0.2) is 4.99 Å². The highest BCUT2D eigenvalue weighted by Crippen LogP contribution is 2.28. The molecule has 2 heterocycles. The Morgan fingerprint density at radius 2 is 2.30 bits per heavy atom. The van der Waals surface area contributed by atoms with Crippen molar-refractivity contribution in [1.82, 2.24) is 4.90 Å². The summed E-state index contributed by atoms with van der Waals surface area (Å²) in [7, 11) is 0. The molecule has 1 aromatic carbocycles. The van der Waals surface area contributed by atoms with Crippen molar-refractivity contribution in [3.63, 3.8) is 0 Å². The molecule has 0 atom stereocenters. The number of amides is 1. The summed E-state index contributed by atoms with van der Waals surface area (Å²) in [5.41, 5.74) is 0.955. The van der Waals surface area contributed by atoms with Crippen molar-refractivity contribution >= 4 is 34.6 Å². The number of nitro groups is 1. The fourth-order valence-corrected chi connectivity index (χ4v) is 3.06. The largest absolute Gasteiger partial charge is 0.286 e. The first-order valence-electron chi connectivity index (χ1n) is 6.15. The first-order valence-corrected chi connectivity index (χ1v) is 7.13. The van der Waals surface area contributed by atoms with Gasteiger partial charge in [0.2, 0.25) is 0 Å². The third-order valence-corrected chi connectivity index (χ3v) is 4.12. The van der Waals surface area contributed by atoms with E-state index in [1.807, 2.05) is 0 Å². The van der Waals surface area contributed by atoms with Gasteiger partial charge in [0, 0.05) is 24.4 Å². The Morgan fingerprint density at radius 1 is 1.45 bits per heavy atom. The number of rotatable bonds is 2. The molecule has 2 aliphatic rings. The van der Waals surface area contributed by atoms with Gasteiger partial charge in [0.15, 0.2) is 5.17 Å². The summed E-state index contributed by atoms with van der Waals surface area (Å²) in [5, 5.41) is 11.5. The van der Waals surface area contributed by atoms with Gasteiger partial charge < -0.3 is 0 Å². The van der Waals surface area contributed by atoms with E-state index in [1.54, 1.807) is 34.9 Å². The predicted octanol–water partition coefficient (Wildman–Crippen LogP) is 2.27. The van der Waals surface area contributed by atoms with E-state index in [-0.39, 0.29) is 11.6 Å². The minimum atomic E-state index is -0.455. The molecule has 3 rings (SSSR count). The number of fused-ring (bicyclic) bond motifs is 1. The number of hydrogen-bond donors (Lipinski definition) is 0. The molecule has 0 saturated carbocycles. The van der Waals surface area contributed by atoms with E-state index in [2.05, 4.69) is 4.99 Å². The molecular weight excluding hydrogens is 278 g/mol. The van der Waals surface area contributed by atoms with Crippen LogP contribution in [0.3, 0.4) is 0 Å². The fourth-order valence-electron chi connectivity index (χ4n) is 2.11. The third kappa shape index (κ3) is 2.32. The second kappa shape index (κ2) is 5.09.